The topological polar surface area (TPSA) is 43.8 Å². The van der Waals surface area contributed by atoms with Crippen molar-refractivity contribution in [2.45, 2.75) is 19.4 Å². The van der Waals surface area contributed by atoms with Gasteiger partial charge in [0, 0.05) is 24.5 Å². The van der Waals surface area contributed by atoms with Crippen LogP contribution in [0.1, 0.15) is 30.0 Å². The van der Waals surface area contributed by atoms with Gasteiger partial charge in [-0.3, -0.25) is 0 Å². The monoisotopic (exact) mass is 249 g/mol. The molecule has 17 heavy (non-hydrogen) atoms. The highest BCUT2D eigenvalue weighted by Gasteiger charge is 2.09. The van der Waals surface area contributed by atoms with E-state index in [2.05, 4.69) is 9.55 Å². The molecule has 4 heteroatoms. The number of hydrogen-bond donors (Lipinski definition) is 1. The van der Waals surface area contributed by atoms with E-state index in [0.29, 0.717) is 0 Å². The van der Waals surface area contributed by atoms with E-state index >= 15 is 0 Å². The van der Waals surface area contributed by atoms with Gasteiger partial charge in [0.2, 0.25) is 0 Å². The standard InChI is InChI=1S/C13H16ClN3/c1-9(15)12-8-16-13(17(12)2)7-10-3-5-11(14)6-4-10/h3-6,8-9H,7,15H2,1-2H3. The second-order valence-corrected chi connectivity index (χ2v) is 4.69. The highest BCUT2D eigenvalue weighted by molar-refractivity contribution is 6.30. The quantitative estimate of drug-likeness (QED) is 0.909. The zero-order valence-corrected chi connectivity index (χ0v) is 10.8. The van der Waals surface area contributed by atoms with Gasteiger partial charge in [0.05, 0.1) is 11.9 Å². The lowest BCUT2D eigenvalue weighted by Gasteiger charge is -2.08. The molecule has 0 bridgehead atoms. The van der Waals surface area contributed by atoms with Gasteiger partial charge in [0.25, 0.3) is 0 Å². The first-order valence-corrected chi connectivity index (χ1v) is 5.96. The Morgan fingerprint density at radius 1 is 1.35 bits per heavy atom. The molecule has 2 N–H and O–H groups in total. The predicted molar refractivity (Wildman–Crippen MR) is 70.1 cm³/mol. The van der Waals surface area contributed by atoms with Crippen molar-refractivity contribution in [2.24, 2.45) is 12.8 Å². The zero-order valence-electron chi connectivity index (χ0n) is 10.0. The summed E-state index contributed by atoms with van der Waals surface area (Å²) in [6.07, 6.45) is 2.64. The van der Waals surface area contributed by atoms with Gasteiger partial charge < -0.3 is 10.3 Å². The van der Waals surface area contributed by atoms with E-state index in [-0.39, 0.29) is 6.04 Å². The summed E-state index contributed by atoms with van der Waals surface area (Å²) < 4.78 is 2.05. The van der Waals surface area contributed by atoms with Crippen molar-refractivity contribution in [1.82, 2.24) is 9.55 Å². The fraction of sp³-hybridized carbons (Fsp3) is 0.308. The number of halogens is 1. The van der Waals surface area contributed by atoms with Crippen molar-refractivity contribution in [1.29, 1.82) is 0 Å². The van der Waals surface area contributed by atoms with Crippen LogP contribution < -0.4 is 5.73 Å². The Kier molecular flexibility index (Phi) is 3.50. The van der Waals surface area contributed by atoms with E-state index in [1.54, 1.807) is 0 Å². The third-order valence-electron chi connectivity index (χ3n) is 2.86. The molecule has 0 aliphatic rings. The molecule has 1 aromatic heterocycles. The van der Waals surface area contributed by atoms with Crippen LogP contribution in [0.5, 0.6) is 0 Å². The molecule has 0 aliphatic heterocycles. The van der Waals surface area contributed by atoms with Gasteiger partial charge in [0.15, 0.2) is 0 Å². The number of nitrogens with two attached hydrogens (primary N) is 1. The van der Waals surface area contributed by atoms with E-state index in [4.69, 9.17) is 17.3 Å². The third kappa shape index (κ3) is 2.68. The minimum atomic E-state index is 0.00599. The van der Waals surface area contributed by atoms with Gasteiger partial charge in [-0.25, -0.2) is 4.98 Å². The smallest absolute Gasteiger partial charge is 0.113 e. The number of imidazole rings is 1. The van der Waals surface area contributed by atoms with Crippen LogP contribution >= 0.6 is 11.6 Å². The SMILES string of the molecule is CC(N)c1cnc(Cc2ccc(Cl)cc2)n1C. The van der Waals surface area contributed by atoms with Crippen molar-refractivity contribution in [3.8, 4) is 0 Å². The minimum Gasteiger partial charge on any atom is -0.333 e. The zero-order chi connectivity index (χ0) is 12.4. The number of hydrogen-bond acceptors (Lipinski definition) is 2. The minimum absolute atomic E-state index is 0.00599. The number of aromatic nitrogens is 2. The molecular formula is C13H16ClN3. The van der Waals surface area contributed by atoms with Crippen molar-refractivity contribution in [3.63, 3.8) is 0 Å². The maximum Gasteiger partial charge on any atom is 0.113 e. The van der Waals surface area contributed by atoms with Gasteiger partial charge >= 0.3 is 0 Å². The van der Waals surface area contributed by atoms with Crippen LogP contribution in [0, 0.1) is 0 Å². The molecule has 0 radical (unpaired) electrons. The fourth-order valence-electron chi connectivity index (χ4n) is 1.83. The Bertz CT molecular complexity index is 500. The summed E-state index contributed by atoms with van der Waals surface area (Å²) in [7, 11) is 2.00. The van der Waals surface area contributed by atoms with E-state index in [9.17, 15) is 0 Å². The summed E-state index contributed by atoms with van der Waals surface area (Å²) in [4.78, 5) is 4.40. The van der Waals surface area contributed by atoms with Gasteiger partial charge in [0.1, 0.15) is 5.82 Å². The average molecular weight is 250 g/mol. The number of nitrogens with zero attached hydrogens (tertiary/aromatic N) is 2. The maximum absolute atomic E-state index is 5.86. The van der Waals surface area contributed by atoms with Gasteiger partial charge in [-0.05, 0) is 24.6 Å². The van der Waals surface area contributed by atoms with E-state index < -0.39 is 0 Å². The van der Waals surface area contributed by atoms with Gasteiger partial charge in [-0.2, -0.15) is 0 Å². The Morgan fingerprint density at radius 2 is 2.00 bits per heavy atom. The molecule has 2 aromatic rings. The van der Waals surface area contributed by atoms with Crippen LogP contribution in [0.2, 0.25) is 5.02 Å². The summed E-state index contributed by atoms with van der Waals surface area (Å²) in [6, 6.07) is 7.83. The lowest BCUT2D eigenvalue weighted by atomic mass is 10.1. The largest absolute Gasteiger partial charge is 0.333 e. The molecule has 90 valence electrons. The number of rotatable bonds is 3. The van der Waals surface area contributed by atoms with E-state index in [1.807, 2.05) is 44.4 Å². The summed E-state index contributed by atoms with van der Waals surface area (Å²) in [5, 5.41) is 0.754. The van der Waals surface area contributed by atoms with Gasteiger partial charge in [-0.1, -0.05) is 23.7 Å². The molecular weight excluding hydrogens is 234 g/mol. The van der Waals surface area contributed by atoms with E-state index in [0.717, 1.165) is 23.0 Å². The summed E-state index contributed by atoms with van der Waals surface area (Å²) in [6.45, 7) is 1.96. The molecule has 0 aliphatic carbocycles. The lowest BCUT2D eigenvalue weighted by Crippen LogP contribution is -2.11. The molecule has 1 aromatic carbocycles. The maximum atomic E-state index is 5.86. The van der Waals surface area contributed by atoms with Crippen LogP contribution in [-0.2, 0) is 13.5 Å². The highest BCUT2D eigenvalue weighted by atomic mass is 35.5. The van der Waals surface area contributed by atoms with Crippen LogP contribution in [0.15, 0.2) is 30.5 Å². The van der Waals surface area contributed by atoms with Crippen molar-refractivity contribution in [2.75, 3.05) is 0 Å². The second-order valence-electron chi connectivity index (χ2n) is 4.25. The molecule has 3 nitrogen and oxygen atoms in total. The van der Waals surface area contributed by atoms with Crippen molar-refractivity contribution < 1.29 is 0 Å². The molecule has 1 heterocycles. The highest BCUT2D eigenvalue weighted by Crippen LogP contribution is 2.15. The van der Waals surface area contributed by atoms with Crippen LogP contribution in [0.3, 0.4) is 0 Å². The summed E-state index contributed by atoms with van der Waals surface area (Å²) in [5.74, 6) is 1.01. The molecule has 0 fully saturated rings. The summed E-state index contributed by atoms with van der Waals surface area (Å²) >= 11 is 5.85. The van der Waals surface area contributed by atoms with Crippen LogP contribution in [-0.4, -0.2) is 9.55 Å². The molecule has 0 spiro atoms. The Labute approximate surface area is 106 Å². The third-order valence-corrected chi connectivity index (χ3v) is 3.11. The van der Waals surface area contributed by atoms with Crippen LogP contribution in [0.25, 0.3) is 0 Å². The van der Waals surface area contributed by atoms with Gasteiger partial charge in [-0.15, -0.1) is 0 Å². The van der Waals surface area contributed by atoms with E-state index in [1.165, 1.54) is 5.56 Å². The predicted octanol–water partition coefficient (Wildman–Crippen LogP) is 2.68. The molecule has 2 rings (SSSR count). The normalized spacial score (nSPS) is 12.7. The second kappa shape index (κ2) is 4.90. The lowest BCUT2D eigenvalue weighted by molar-refractivity contribution is 0.693. The molecule has 0 saturated heterocycles. The Morgan fingerprint density at radius 3 is 2.53 bits per heavy atom. The molecule has 0 amide bonds. The molecule has 0 saturated carbocycles. The first-order valence-electron chi connectivity index (χ1n) is 5.58. The fourth-order valence-corrected chi connectivity index (χ4v) is 1.96. The van der Waals surface area contributed by atoms with Crippen molar-refractivity contribution in [3.05, 3.63) is 52.6 Å². The molecule has 1 unspecified atom stereocenters. The Hall–Kier alpha value is -1.32. The Balaban J connectivity index is 2.22. The first kappa shape index (κ1) is 12.1. The number of benzene rings is 1. The van der Waals surface area contributed by atoms with Crippen molar-refractivity contribution >= 4 is 11.6 Å². The average Bonchev–Trinajstić information content (AvgIpc) is 2.64. The first-order chi connectivity index (χ1) is 8.08. The van der Waals surface area contributed by atoms with Crippen LogP contribution in [0.4, 0.5) is 0 Å². The molecule has 1 atom stereocenters. The summed E-state index contributed by atoms with van der Waals surface area (Å²) in [5.41, 5.74) is 8.11.